The summed E-state index contributed by atoms with van der Waals surface area (Å²) in [6.07, 6.45) is 0. The molecule has 0 saturated carbocycles. The number of benzene rings is 1. The second-order valence-electron chi connectivity index (χ2n) is 4.45. The van der Waals surface area contributed by atoms with Crippen molar-refractivity contribution in [1.82, 2.24) is 15.2 Å². The van der Waals surface area contributed by atoms with Crippen LogP contribution in [0, 0.1) is 0 Å². The van der Waals surface area contributed by atoms with Gasteiger partial charge in [-0.15, -0.1) is 11.3 Å². The van der Waals surface area contributed by atoms with Crippen molar-refractivity contribution in [3.63, 3.8) is 0 Å². The molecule has 0 atom stereocenters. The van der Waals surface area contributed by atoms with Crippen LogP contribution in [-0.2, 0) is 0 Å². The SMILES string of the molecule is NC(=O)N1CC(NC(=O)c2ccc3ncsc3c2)C1. The molecule has 0 unspecified atom stereocenters. The molecule has 0 bridgehead atoms. The topological polar surface area (TPSA) is 88.3 Å². The molecule has 1 aromatic carbocycles. The highest BCUT2D eigenvalue weighted by molar-refractivity contribution is 7.16. The number of primary amides is 1. The number of carbonyl (C=O) groups excluding carboxylic acids is 2. The van der Waals surface area contributed by atoms with Crippen LogP contribution >= 0.6 is 11.3 Å². The first-order valence-electron chi connectivity index (χ1n) is 5.82. The number of nitrogens with one attached hydrogen (secondary N) is 1. The minimum Gasteiger partial charge on any atom is -0.351 e. The summed E-state index contributed by atoms with van der Waals surface area (Å²) in [6.45, 7) is 0.952. The van der Waals surface area contributed by atoms with Crippen LogP contribution in [0.25, 0.3) is 10.2 Å². The Morgan fingerprint density at radius 3 is 2.95 bits per heavy atom. The molecule has 2 aromatic rings. The van der Waals surface area contributed by atoms with Gasteiger partial charge in [0.1, 0.15) is 0 Å². The summed E-state index contributed by atoms with van der Waals surface area (Å²) < 4.78 is 0.986. The van der Waals surface area contributed by atoms with Crippen LogP contribution in [-0.4, -0.2) is 41.0 Å². The zero-order valence-electron chi connectivity index (χ0n) is 10.00. The predicted octanol–water partition coefficient (Wildman–Crippen LogP) is 0.789. The van der Waals surface area contributed by atoms with Gasteiger partial charge in [-0.05, 0) is 18.2 Å². The first-order valence-corrected chi connectivity index (χ1v) is 6.70. The molecule has 0 spiro atoms. The number of thiazole rings is 1. The maximum atomic E-state index is 12.0. The molecule has 1 saturated heterocycles. The van der Waals surface area contributed by atoms with Crippen molar-refractivity contribution in [2.45, 2.75) is 6.04 Å². The van der Waals surface area contributed by atoms with Gasteiger partial charge in [0.15, 0.2) is 0 Å². The molecule has 7 heteroatoms. The van der Waals surface area contributed by atoms with Gasteiger partial charge >= 0.3 is 6.03 Å². The monoisotopic (exact) mass is 276 g/mol. The average Bonchev–Trinajstić information content (AvgIpc) is 2.79. The molecule has 98 valence electrons. The molecule has 1 aromatic heterocycles. The number of likely N-dealkylation sites (tertiary alicyclic amines) is 1. The fourth-order valence-electron chi connectivity index (χ4n) is 2.01. The van der Waals surface area contributed by atoms with Gasteiger partial charge in [-0.3, -0.25) is 4.79 Å². The third-order valence-corrected chi connectivity index (χ3v) is 3.91. The standard InChI is InChI=1S/C12H12N4O2S/c13-12(18)16-4-8(5-16)15-11(17)7-1-2-9-10(3-7)19-6-14-9/h1-3,6,8H,4-5H2,(H2,13,18)(H,15,17). The van der Waals surface area contributed by atoms with Crippen molar-refractivity contribution in [2.24, 2.45) is 5.73 Å². The quantitative estimate of drug-likeness (QED) is 0.850. The fourth-order valence-corrected chi connectivity index (χ4v) is 2.73. The lowest BCUT2D eigenvalue weighted by Gasteiger charge is -2.38. The van der Waals surface area contributed by atoms with Gasteiger partial charge in [-0.25, -0.2) is 9.78 Å². The fraction of sp³-hybridized carbons (Fsp3) is 0.250. The van der Waals surface area contributed by atoms with E-state index < -0.39 is 6.03 Å². The molecular formula is C12H12N4O2S. The number of rotatable bonds is 2. The molecule has 0 radical (unpaired) electrons. The number of carbonyl (C=O) groups is 2. The van der Waals surface area contributed by atoms with Crippen LogP contribution in [0.2, 0.25) is 0 Å². The van der Waals surface area contributed by atoms with Crippen molar-refractivity contribution >= 4 is 33.5 Å². The molecule has 3 rings (SSSR count). The van der Waals surface area contributed by atoms with Gasteiger partial charge in [-0.2, -0.15) is 0 Å². The summed E-state index contributed by atoms with van der Waals surface area (Å²) in [7, 11) is 0. The van der Waals surface area contributed by atoms with E-state index in [9.17, 15) is 9.59 Å². The number of hydrogen-bond acceptors (Lipinski definition) is 4. The van der Waals surface area contributed by atoms with Crippen LogP contribution in [0.5, 0.6) is 0 Å². The molecule has 1 aliphatic heterocycles. The highest BCUT2D eigenvalue weighted by atomic mass is 32.1. The Morgan fingerprint density at radius 1 is 1.42 bits per heavy atom. The molecule has 6 nitrogen and oxygen atoms in total. The van der Waals surface area contributed by atoms with Gasteiger partial charge in [0.2, 0.25) is 0 Å². The molecule has 2 heterocycles. The van der Waals surface area contributed by atoms with Crippen molar-refractivity contribution in [2.75, 3.05) is 13.1 Å². The van der Waals surface area contributed by atoms with E-state index in [2.05, 4.69) is 10.3 Å². The summed E-state index contributed by atoms with van der Waals surface area (Å²) in [5.41, 5.74) is 8.37. The number of nitrogens with zero attached hydrogens (tertiary/aromatic N) is 2. The Labute approximate surface area is 113 Å². The summed E-state index contributed by atoms with van der Waals surface area (Å²) >= 11 is 1.50. The van der Waals surface area contributed by atoms with Gasteiger partial charge in [-0.1, -0.05) is 0 Å². The van der Waals surface area contributed by atoms with E-state index in [0.29, 0.717) is 18.7 Å². The number of amides is 3. The summed E-state index contributed by atoms with van der Waals surface area (Å²) in [6, 6.07) is 4.94. The lowest BCUT2D eigenvalue weighted by molar-refractivity contribution is 0.0861. The van der Waals surface area contributed by atoms with Crippen LogP contribution < -0.4 is 11.1 Å². The zero-order valence-corrected chi connectivity index (χ0v) is 10.8. The number of urea groups is 1. The second kappa shape index (κ2) is 4.51. The maximum absolute atomic E-state index is 12.0. The predicted molar refractivity (Wildman–Crippen MR) is 72.0 cm³/mol. The smallest absolute Gasteiger partial charge is 0.314 e. The largest absolute Gasteiger partial charge is 0.351 e. The lowest BCUT2D eigenvalue weighted by Crippen LogP contribution is -2.62. The normalized spacial score (nSPS) is 15.3. The second-order valence-corrected chi connectivity index (χ2v) is 5.33. The van der Waals surface area contributed by atoms with Crippen molar-refractivity contribution in [3.05, 3.63) is 29.3 Å². The van der Waals surface area contributed by atoms with Crippen molar-refractivity contribution < 1.29 is 9.59 Å². The third kappa shape index (κ3) is 2.24. The van der Waals surface area contributed by atoms with E-state index in [1.165, 1.54) is 16.2 Å². The molecule has 1 aliphatic rings. The highest BCUT2D eigenvalue weighted by Crippen LogP contribution is 2.19. The Kier molecular flexibility index (Phi) is 2.83. The molecule has 1 fully saturated rings. The Balaban J connectivity index is 1.66. The average molecular weight is 276 g/mol. The van der Waals surface area contributed by atoms with Gasteiger partial charge in [0, 0.05) is 18.7 Å². The number of nitrogens with two attached hydrogens (primary N) is 1. The number of hydrogen-bond donors (Lipinski definition) is 2. The van der Waals surface area contributed by atoms with E-state index in [-0.39, 0.29) is 11.9 Å². The highest BCUT2D eigenvalue weighted by Gasteiger charge is 2.30. The van der Waals surface area contributed by atoms with E-state index in [0.717, 1.165) is 10.2 Å². The van der Waals surface area contributed by atoms with Gasteiger partial charge in [0.05, 0.1) is 21.8 Å². The lowest BCUT2D eigenvalue weighted by atomic mass is 10.1. The Hall–Kier alpha value is -2.15. The van der Waals surface area contributed by atoms with E-state index in [1.54, 1.807) is 11.6 Å². The van der Waals surface area contributed by atoms with Crippen molar-refractivity contribution in [1.29, 1.82) is 0 Å². The van der Waals surface area contributed by atoms with E-state index in [1.807, 2.05) is 12.1 Å². The van der Waals surface area contributed by atoms with Crippen LogP contribution in [0.15, 0.2) is 23.7 Å². The van der Waals surface area contributed by atoms with E-state index in [4.69, 9.17) is 5.73 Å². The summed E-state index contributed by atoms with van der Waals surface area (Å²) in [5.74, 6) is -0.135. The third-order valence-electron chi connectivity index (χ3n) is 3.12. The molecule has 19 heavy (non-hydrogen) atoms. The van der Waals surface area contributed by atoms with Crippen LogP contribution in [0.3, 0.4) is 0 Å². The minimum absolute atomic E-state index is 0.0165. The van der Waals surface area contributed by atoms with Crippen LogP contribution in [0.1, 0.15) is 10.4 Å². The first-order chi connectivity index (χ1) is 9.13. The first kappa shape index (κ1) is 11.9. The minimum atomic E-state index is -0.448. The summed E-state index contributed by atoms with van der Waals surface area (Å²) in [4.78, 5) is 28.5. The maximum Gasteiger partial charge on any atom is 0.314 e. The molecular weight excluding hydrogens is 264 g/mol. The molecule has 0 aliphatic carbocycles. The number of fused-ring (bicyclic) bond motifs is 1. The summed E-state index contributed by atoms with van der Waals surface area (Å²) in [5, 5.41) is 2.87. The Bertz CT molecular complexity index is 648. The zero-order chi connectivity index (χ0) is 13.4. The molecule has 3 amide bonds. The number of aromatic nitrogens is 1. The molecule has 3 N–H and O–H groups in total. The van der Waals surface area contributed by atoms with E-state index >= 15 is 0 Å². The Morgan fingerprint density at radius 2 is 2.21 bits per heavy atom. The van der Waals surface area contributed by atoms with Gasteiger partial charge < -0.3 is 16.0 Å². The van der Waals surface area contributed by atoms with Gasteiger partial charge in [0.25, 0.3) is 5.91 Å². The van der Waals surface area contributed by atoms with Crippen molar-refractivity contribution in [3.8, 4) is 0 Å². The van der Waals surface area contributed by atoms with Crippen LogP contribution in [0.4, 0.5) is 4.79 Å².